The Morgan fingerprint density at radius 2 is 1.59 bits per heavy atom. The van der Waals surface area contributed by atoms with Crippen molar-refractivity contribution in [3.05, 3.63) is 17.9 Å². The zero-order valence-electron chi connectivity index (χ0n) is 10.7. The van der Waals surface area contributed by atoms with Gasteiger partial charge in [-0.05, 0) is 27.7 Å². The average molecular weight is 238 g/mol. The summed E-state index contributed by atoms with van der Waals surface area (Å²) in [6.45, 7) is 10.4. The highest BCUT2D eigenvalue weighted by Crippen LogP contribution is 2.53. The van der Waals surface area contributed by atoms with Crippen LogP contribution in [0.15, 0.2) is 17.9 Å². The lowest BCUT2D eigenvalue weighted by Crippen LogP contribution is -2.33. The quantitative estimate of drug-likeness (QED) is 0.427. The van der Waals surface area contributed by atoms with Crippen molar-refractivity contribution >= 4 is 11.9 Å². The molecule has 1 fully saturated rings. The number of esters is 2. The monoisotopic (exact) mass is 238 g/mol. The zero-order valence-corrected chi connectivity index (χ0v) is 10.7. The van der Waals surface area contributed by atoms with Gasteiger partial charge in [0.25, 0.3) is 0 Å². The van der Waals surface area contributed by atoms with E-state index in [1.165, 1.54) is 0 Å². The van der Waals surface area contributed by atoms with Crippen LogP contribution in [0.3, 0.4) is 0 Å². The van der Waals surface area contributed by atoms with Gasteiger partial charge in [-0.3, -0.25) is 9.59 Å². The fraction of sp³-hybridized carbons (Fsp3) is 0.615. The smallest absolute Gasteiger partial charge is 0.329 e. The summed E-state index contributed by atoms with van der Waals surface area (Å²) in [5, 5.41) is 0. The maximum atomic E-state index is 11.9. The molecule has 0 unspecified atom stereocenters. The molecule has 1 aliphatic carbocycles. The molecule has 4 heteroatoms. The summed E-state index contributed by atoms with van der Waals surface area (Å²) in [5.74, 6) is -1.13. The van der Waals surface area contributed by atoms with Gasteiger partial charge < -0.3 is 9.47 Å². The minimum Gasteiger partial charge on any atom is -0.462 e. The van der Waals surface area contributed by atoms with Gasteiger partial charge in [-0.1, -0.05) is 6.58 Å². The van der Waals surface area contributed by atoms with Gasteiger partial charge in [0.05, 0.1) is 12.2 Å². The molecule has 0 bridgehead atoms. The molecule has 1 saturated carbocycles. The van der Waals surface area contributed by atoms with Gasteiger partial charge in [-0.2, -0.15) is 0 Å². The highest BCUT2D eigenvalue weighted by Gasteiger charge is 2.65. The molecule has 0 aliphatic heterocycles. The highest BCUT2D eigenvalue weighted by atomic mass is 16.6. The van der Waals surface area contributed by atoms with Crippen LogP contribution in [0.1, 0.15) is 34.1 Å². The summed E-state index contributed by atoms with van der Waals surface area (Å²) in [6.07, 6.45) is -0.232. The molecule has 0 aromatic heterocycles. The summed E-state index contributed by atoms with van der Waals surface area (Å²) < 4.78 is 10.2. The van der Waals surface area contributed by atoms with Gasteiger partial charge in [-0.15, -0.1) is 5.73 Å². The first-order valence-electron chi connectivity index (χ1n) is 5.66. The maximum Gasteiger partial charge on any atom is 0.329 e. The lowest BCUT2D eigenvalue weighted by Gasteiger charge is -2.16. The molecule has 0 aromatic rings. The van der Waals surface area contributed by atoms with Crippen LogP contribution in [0, 0.1) is 5.41 Å². The van der Waals surface area contributed by atoms with Crippen LogP contribution in [0.25, 0.3) is 0 Å². The van der Waals surface area contributed by atoms with Crippen LogP contribution >= 0.6 is 0 Å². The van der Waals surface area contributed by atoms with Crippen molar-refractivity contribution in [2.24, 2.45) is 5.41 Å². The number of rotatable bonds is 4. The van der Waals surface area contributed by atoms with Crippen molar-refractivity contribution in [1.82, 2.24) is 0 Å². The van der Waals surface area contributed by atoms with Crippen molar-refractivity contribution in [3.63, 3.8) is 0 Å². The molecule has 0 aromatic carbocycles. The van der Waals surface area contributed by atoms with Crippen LogP contribution in [-0.4, -0.2) is 24.1 Å². The maximum absolute atomic E-state index is 11.9. The Hall–Kier alpha value is -1.54. The Kier molecular flexibility index (Phi) is 3.79. The van der Waals surface area contributed by atoms with E-state index in [0.717, 1.165) is 0 Å². The molecule has 4 nitrogen and oxygen atoms in total. The first-order chi connectivity index (χ1) is 7.84. The van der Waals surface area contributed by atoms with Gasteiger partial charge in [0.1, 0.15) is 0 Å². The SMILES string of the molecule is C=C=C1CC1(C(=O)OC(C)C)C(=O)OC(C)C. The predicted octanol–water partition coefficient (Wildman–Crippen LogP) is 1.99. The third kappa shape index (κ3) is 2.59. The molecule has 1 aliphatic rings. The minimum atomic E-state index is -1.28. The molecular formula is C13H18O4. The van der Waals surface area contributed by atoms with E-state index in [2.05, 4.69) is 12.3 Å². The fourth-order valence-corrected chi connectivity index (χ4v) is 1.54. The number of ether oxygens (including phenoxy) is 2. The van der Waals surface area contributed by atoms with Crippen LogP contribution in [0.5, 0.6) is 0 Å². The fourth-order valence-electron chi connectivity index (χ4n) is 1.54. The first kappa shape index (κ1) is 13.5. The second kappa shape index (κ2) is 4.76. The standard InChI is InChI=1S/C13H18O4/c1-6-10-7-13(10,11(14)16-8(2)3)12(15)17-9(4)5/h8-9H,1,7H2,2-5H3. The number of carbonyl (C=O) groups excluding carboxylic acids is 2. The largest absolute Gasteiger partial charge is 0.462 e. The van der Waals surface area contributed by atoms with E-state index >= 15 is 0 Å². The number of carbonyl (C=O) groups is 2. The molecular weight excluding hydrogens is 220 g/mol. The van der Waals surface area contributed by atoms with Crippen LogP contribution < -0.4 is 0 Å². The molecule has 0 atom stereocenters. The molecule has 0 N–H and O–H groups in total. The van der Waals surface area contributed by atoms with Gasteiger partial charge in [0.2, 0.25) is 0 Å². The van der Waals surface area contributed by atoms with Crippen molar-refractivity contribution in [2.75, 3.05) is 0 Å². The summed E-state index contributed by atoms with van der Waals surface area (Å²) in [6, 6.07) is 0. The first-order valence-corrected chi connectivity index (χ1v) is 5.66. The van der Waals surface area contributed by atoms with Crippen LogP contribution in [0.4, 0.5) is 0 Å². The van der Waals surface area contributed by atoms with Crippen molar-refractivity contribution < 1.29 is 19.1 Å². The summed E-state index contributed by atoms with van der Waals surface area (Å²) in [7, 11) is 0. The highest BCUT2D eigenvalue weighted by molar-refractivity contribution is 6.08. The van der Waals surface area contributed by atoms with Gasteiger partial charge >= 0.3 is 11.9 Å². The van der Waals surface area contributed by atoms with E-state index in [0.29, 0.717) is 12.0 Å². The lowest BCUT2D eigenvalue weighted by molar-refractivity contribution is -0.167. The summed E-state index contributed by atoms with van der Waals surface area (Å²) in [4.78, 5) is 23.8. The normalized spacial score (nSPS) is 16.7. The predicted molar refractivity (Wildman–Crippen MR) is 62.2 cm³/mol. The topological polar surface area (TPSA) is 52.6 Å². The van der Waals surface area contributed by atoms with Crippen LogP contribution in [0.2, 0.25) is 0 Å². The van der Waals surface area contributed by atoms with Crippen molar-refractivity contribution in [3.8, 4) is 0 Å². The second-order valence-electron chi connectivity index (χ2n) is 4.65. The second-order valence-corrected chi connectivity index (χ2v) is 4.65. The third-order valence-electron chi connectivity index (χ3n) is 2.43. The number of hydrogen-bond acceptors (Lipinski definition) is 4. The molecule has 94 valence electrons. The van der Waals surface area contributed by atoms with E-state index in [1.54, 1.807) is 27.7 Å². The Morgan fingerprint density at radius 3 is 1.82 bits per heavy atom. The minimum absolute atomic E-state index is 0.266. The molecule has 0 spiro atoms. The van der Waals surface area contributed by atoms with Gasteiger partial charge in [0.15, 0.2) is 5.41 Å². The molecule has 0 saturated heterocycles. The van der Waals surface area contributed by atoms with E-state index in [4.69, 9.17) is 9.47 Å². The molecule has 1 rings (SSSR count). The number of hydrogen-bond donors (Lipinski definition) is 0. The Bertz CT molecular complexity index is 364. The zero-order chi connectivity index (χ0) is 13.2. The van der Waals surface area contributed by atoms with E-state index in [1.807, 2.05) is 0 Å². The summed E-state index contributed by atoms with van der Waals surface area (Å²) >= 11 is 0. The van der Waals surface area contributed by atoms with E-state index in [9.17, 15) is 9.59 Å². The lowest BCUT2D eigenvalue weighted by atomic mass is 10.1. The molecule has 0 radical (unpaired) electrons. The van der Waals surface area contributed by atoms with Crippen molar-refractivity contribution in [1.29, 1.82) is 0 Å². The van der Waals surface area contributed by atoms with E-state index < -0.39 is 17.4 Å². The average Bonchev–Trinajstić information content (AvgIpc) is 2.90. The molecule has 0 heterocycles. The molecule has 0 amide bonds. The Labute approximate surface area is 101 Å². The van der Waals surface area contributed by atoms with E-state index in [-0.39, 0.29) is 12.2 Å². The Balaban J connectivity index is 2.89. The van der Waals surface area contributed by atoms with Gasteiger partial charge in [-0.25, -0.2) is 0 Å². The Morgan fingerprint density at radius 1 is 1.18 bits per heavy atom. The third-order valence-corrected chi connectivity index (χ3v) is 2.43. The van der Waals surface area contributed by atoms with Crippen LogP contribution in [-0.2, 0) is 19.1 Å². The van der Waals surface area contributed by atoms with Gasteiger partial charge in [0, 0.05) is 12.0 Å². The summed E-state index contributed by atoms with van der Waals surface area (Å²) in [5.41, 5.74) is 1.87. The van der Waals surface area contributed by atoms with Crippen molar-refractivity contribution in [2.45, 2.75) is 46.3 Å². The molecule has 17 heavy (non-hydrogen) atoms.